The van der Waals surface area contributed by atoms with Crippen LogP contribution in [0.3, 0.4) is 0 Å². The van der Waals surface area contributed by atoms with Crippen molar-refractivity contribution in [3.63, 3.8) is 0 Å². The Kier molecular flexibility index (Phi) is 3.82. The Morgan fingerprint density at radius 2 is 2.00 bits per heavy atom. The molecule has 3 atom stereocenters. The summed E-state index contributed by atoms with van der Waals surface area (Å²) in [5.41, 5.74) is 1.88. The van der Waals surface area contributed by atoms with Crippen LogP contribution in [0.5, 0.6) is 0 Å². The molecule has 23 heavy (non-hydrogen) atoms. The molecule has 2 heterocycles. The number of rotatable bonds is 3. The van der Waals surface area contributed by atoms with Crippen LogP contribution < -0.4 is 0 Å². The van der Waals surface area contributed by atoms with Crippen LogP contribution in [0.1, 0.15) is 28.9 Å². The molecule has 0 unspecified atom stereocenters. The fourth-order valence-corrected chi connectivity index (χ4v) is 4.26. The van der Waals surface area contributed by atoms with Crippen molar-refractivity contribution in [2.24, 2.45) is 17.8 Å². The molecular formula is C19H21N3O. The van der Waals surface area contributed by atoms with Crippen molar-refractivity contribution in [1.82, 2.24) is 14.9 Å². The van der Waals surface area contributed by atoms with Crippen molar-refractivity contribution in [2.45, 2.75) is 19.3 Å². The maximum absolute atomic E-state index is 12.6. The number of hydrogen-bond acceptors (Lipinski definition) is 3. The van der Waals surface area contributed by atoms with E-state index in [-0.39, 0.29) is 5.91 Å². The second-order valence-corrected chi connectivity index (χ2v) is 6.74. The number of carbonyl (C=O) groups is 1. The minimum Gasteiger partial charge on any atom is -0.338 e. The molecule has 0 radical (unpaired) electrons. The number of nitrogens with zero attached hydrogens (tertiary/aromatic N) is 3. The lowest BCUT2D eigenvalue weighted by Crippen LogP contribution is -2.30. The van der Waals surface area contributed by atoms with E-state index in [2.05, 4.69) is 9.97 Å². The number of aromatic nitrogens is 2. The van der Waals surface area contributed by atoms with Crippen molar-refractivity contribution in [1.29, 1.82) is 0 Å². The molecule has 0 bridgehead atoms. The second kappa shape index (κ2) is 6.11. The first-order chi connectivity index (χ1) is 11.3. The van der Waals surface area contributed by atoms with Gasteiger partial charge in [0, 0.05) is 37.2 Å². The highest BCUT2D eigenvalue weighted by molar-refractivity contribution is 5.94. The lowest BCUT2D eigenvalue weighted by atomic mass is 9.89. The van der Waals surface area contributed by atoms with Gasteiger partial charge in [0.25, 0.3) is 5.91 Å². The second-order valence-electron chi connectivity index (χ2n) is 6.74. The number of carbonyl (C=O) groups excluding carboxylic acids is 1. The molecule has 1 amide bonds. The van der Waals surface area contributed by atoms with E-state index >= 15 is 0 Å². The van der Waals surface area contributed by atoms with Crippen molar-refractivity contribution in [3.8, 4) is 0 Å². The average Bonchev–Trinajstić information content (AvgIpc) is 3.18. The number of benzene rings is 1. The summed E-state index contributed by atoms with van der Waals surface area (Å²) >= 11 is 0. The van der Waals surface area contributed by atoms with Gasteiger partial charge < -0.3 is 4.90 Å². The van der Waals surface area contributed by atoms with Crippen molar-refractivity contribution in [2.75, 3.05) is 13.1 Å². The number of fused-ring (bicyclic) bond motifs is 1. The third-order valence-corrected chi connectivity index (χ3v) is 5.40. The van der Waals surface area contributed by atoms with E-state index in [1.165, 1.54) is 12.8 Å². The van der Waals surface area contributed by atoms with Gasteiger partial charge in [0.2, 0.25) is 0 Å². The predicted octanol–water partition coefficient (Wildman–Crippen LogP) is 2.82. The van der Waals surface area contributed by atoms with Crippen LogP contribution >= 0.6 is 0 Å². The lowest BCUT2D eigenvalue weighted by molar-refractivity contribution is 0.0776. The van der Waals surface area contributed by atoms with Crippen LogP contribution in [0, 0.1) is 17.8 Å². The van der Waals surface area contributed by atoms with Crippen LogP contribution in [-0.4, -0.2) is 33.9 Å². The summed E-state index contributed by atoms with van der Waals surface area (Å²) in [6, 6.07) is 9.63. The van der Waals surface area contributed by atoms with E-state index in [0.717, 1.165) is 30.8 Å². The SMILES string of the molecule is O=C(c1ccccc1)N1C[C@H]2CC[C@H](Cc3cnccn3)[C@H]2C1. The van der Waals surface area contributed by atoms with Crippen LogP contribution in [0.15, 0.2) is 48.9 Å². The summed E-state index contributed by atoms with van der Waals surface area (Å²) in [5, 5.41) is 0. The first-order valence-corrected chi connectivity index (χ1v) is 8.40. The van der Waals surface area contributed by atoms with Crippen molar-refractivity contribution in [3.05, 3.63) is 60.2 Å². The summed E-state index contributed by atoms with van der Waals surface area (Å²) in [5.74, 6) is 2.08. The summed E-state index contributed by atoms with van der Waals surface area (Å²) in [4.78, 5) is 23.3. The molecular weight excluding hydrogens is 286 g/mol. The molecule has 1 aliphatic carbocycles. The molecule has 4 nitrogen and oxygen atoms in total. The van der Waals surface area contributed by atoms with Gasteiger partial charge in [-0.15, -0.1) is 0 Å². The molecule has 1 aliphatic heterocycles. The Labute approximate surface area is 136 Å². The first kappa shape index (κ1) is 14.4. The van der Waals surface area contributed by atoms with Crippen LogP contribution in [-0.2, 0) is 6.42 Å². The smallest absolute Gasteiger partial charge is 0.253 e. The summed E-state index contributed by atoms with van der Waals surface area (Å²) < 4.78 is 0. The summed E-state index contributed by atoms with van der Waals surface area (Å²) in [7, 11) is 0. The minimum atomic E-state index is 0.179. The minimum absolute atomic E-state index is 0.179. The highest BCUT2D eigenvalue weighted by Crippen LogP contribution is 2.43. The zero-order chi connectivity index (χ0) is 15.6. The van der Waals surface area contributed by atoms with Gasteiger partial charge in [0.05, 0.1) is 5.69 Å². The summed E-state index contributed by atoms with van der Waals surface area (Å²) in [6.07, 6.45) is 8.82. The summed E-state index contributed by atoms with van der Waals surface area (Å²) in [6.45, 7) is 1.80. The van der Waals surface area contributed by atoms with Crippen molar-refractivity contribution < 1.29 is 4.79 Å². The maximum Gasteiger partial charge on any atom is 0.253 e. The van der Waals surface area contributed by atoms with Crippen molar-refractivity contribution >= 4 is 5.91 Å². The fraction of sp³-hybridized carbons (Fsp3) is 0.421. The fourth-order valence-electron chi connectivity index (χ4n) is 4.26. The quantitative estimate of drug-likeness (QED) is 0.876. The third kappa shape index (κ3) is 2.85. The van der Waals surface area contributed by atoms with E-state index in [9.17, 15) is 4.79 Å². The molecule has 1 aromatic carbocycles. The zero-order valence-corrected chi connectivity index (χ0v) is 13.1. The maximum atomic E-state index is 12.6. The average molecular weight is 307 g/mol. The van der Waals surface area contributed by atoms with Crippen LogP contribution in [0.25, 0.3) is 0 Å². The van der Waals surface area contributed by atoms with Gasteiger partial charge >= 0.3 is 0 Å². The van der Waals surface area contributed by atoms with E-state index in [4.69, 9.17) is 0 Å². The molecule has 1 saturated heterocycles. The van der Waals surface area contributed by atoms with E-state index < -0.39 is 0 Å². The van der Waals surface area contributed by atoms with E-state index in [0.29, 0.717) is 17.8 Å². The van der Waals surface area contributed by atoms with Crippen LogP contribution in [0.2, 0.25) is 0 Å². The standard InChI is InChI=1S/C19H21N3O/c23-19(14-4-2-1-3-5-14)22-12-16-7-6-15(18(16)13-22)10-17-11-20-8-9-21-17/h1-5,8-9,11,15-16,18H,6-7,10,12-13H2/t15-,16-,18-/m1/s1. The van der Waals surface area contributed by atoms with E-state index in [1.807, 2.05) is 41.4 Å². The van der Waals surface area contributed by atoms with Gasteiger partial charge in [0.1, 0.15) is 0 Å². The first-order valence-electron chi connectivity index (χ1n) is 8.40. The molecule has 2 fully saturated rings. The third-order valence-electron chi connectivity index (χ3n) is 5.40. The van der Waals surface area contributed by atoms with Gasteiger partial charge in [-0.1, -0.05) is 18.2 Å². The number of amides is 1. The molecule has 118 valence electrons. The zero-order valence-electron chi connectivity index (χ0n) is 13.1. The Hall–Kier alpha value is -2.23. The van der Waals surface area contributed by atoms with Gasteiger partial charge in [-0.05, 0) is 49.1 Å². The van der Waals surface area contributed by atoms with Gasteiger partial charge in [0.15, 0.2) is 0 Å². The number of hydrogen-bond donors (Lipinski definition) is 0. The highest BCUT2D eigenvalue weighted by Gasteiger charge is 2.43. The van der Waals surface area contributed by atoms with Gasteiger partial charge in [-0.2, -0.15) is 0 Å². The molecule has 1 aromatic heterocycles. The molecule has 1 saturated carbocycles. The lowest BCUT2D eigenvalue weighted by Gasteiger charge is -2.20. The Bertz CT molecular complexity index is 674. The molecule has 0 spiro atoms. The Balaban J connectivity index is 1.44. The molecule has 2 aliphatic rings. The molecule has 4 rings (SSSR count). The Morgan fingerprint density at radius 1 is 1.13 bits per heavy atom. The Morgan fingerprint density at radius 3 is 2.78 bits per heavy atom. The van der Waals surface area contributed by atoms with E-state index in [1.54, 1.807) is 12.4 Å². The highest BCUT2D eigenvalue weighted by atomic mass is 16.2. The van der Waals surface area contributed by atoms with Crippen LogP contribution in [0.4, 0.5) is 0 Å². The topological polar surface area (TPSA) is 46.1 Å². The molecule has 4 heteroatoms. The molecule has 2 aromatic rings. The predicted molar refractivity (Wildman–Crippen MR) is 87.8 cm³/mol. The number of likely N-dealkylation sites (tertiary alicyclic amines) is 1. The normalized spacial score (nSPS) is 26.3. The largest absolute Gasteiger partial charge is 0.338 e. The van der Waals surface area contributed by atoms with Gasteiger partial charge in [-0.25, -0.2) is 0 Å². The monoisotopic (exact) mass is 307 g/mol. The molecule has 0 N–H and O–H groups in total. The van der Waals surface area contributed by atoms with Gasteiger partial charge in [-0.3, -0.25) is 14.8 Å².